The van der Waals surface area contributed by atoms with Crippen LogP contribution in [0.4, 0.5) is 0 Å². The molecular weight excluding hydrogens is 384 g/mol. The molecule has 0 N–H and O–H groups in total. The Bertz CT molecular complexity index is 945. The Morgan fingerprint density at radius 2 is 1.70 bits per heavy atom. The molecule has 0 unspecified atom stereocenters. The van der Waals surface area contributed by atoms with E-state index in [1.165, 1.54) is 0 Å². The summed E-state index contributed by atoms with van der Waals surface area (Å²) >= 11 is 0. The lowest BCUT2D eigenvalue weighted by Gasteiger charge is -2.18. The van der Waals surface area contributed by atoms with Gasteiger partial charge in [-0.3, -0.25) is 4.90 Å². The van der Waals surface area contributed by atoms with Crippen molar-refractivity contribution < 1.29 is 23.4 Å². The Hall–Kier alpha value is -3.19. The van der Waals surface area contributed by atoms with Crippen molar-refractivity contribution in [2.24, 2.45) is 0 Å². The zero-order valence-corrected chi connectivity index (χ0v) is 18.1. The van der Waals surface area contributed by atoms with Gasteiger partial charge in [-0.05, 0) is 49.9 Å². The Kier molecular flexibility index (Phi) is 7.19. The number of rotatable bonds is 10. The average Bonchev–Trinajstić information content (AvgIpc) is 3.21. The van der Waals surface area contributed by atoms with Crippen molar-refractivity contribution in [1.82, 2.24) is 9.88 Å². The normalized spacial score (nSPS) is 10.9. The van der Waals surface area contributed by atoms with E-state index >= 15 is 0 Å². The van der Waals surface area contributed by atoms with Crippen LogP contribution in [0.15, 0.2) is 47.1 Å². The number of ether oxygens (including phenoxy) is 4. The minimum Gasteiger partial charge on any atom is -0.494 e. The molecule has 0 aliphatic rings. The molecule has 1 heterocycles. The molecule has 1 aromatic heterocycles. The first-order valence-corrected chi connectivity index (χ1v) is 9.73. The summed E-state index contributed by atoms with van der Waals surface area (Å²) in [6.07, 6.45) is 1.69. The third kappa shape index (κ3) is 5.04. The highest BCUT2D eigenvalue weighted by Gasteiger charge is 2.15. The number of oxazole rings is 1. The second-order valence-corrected chi connectivity index (χ2v) is 6.81. The number of nitrogens with zero attached hydrogens (tertiary/aromatic N) is 2. The van der Waals surface area contributed by atoms with Crippen LogP contribution >= 0.6 is 0 Å². The van der Waals surface area contributed by atoms with Gasteiger partial charge >= 0.3 is 0 Å². The SMILES string of the molecule is CCOc1cccc(-c2nc(CN(C)Cc3cc(OC)c(OC)c(OC)c3)co2)c1. The Labute approximate surface area is 177 Å². The van der Waals surface area contributed by atoms with Gasteiger partial charge in [0, 0.05) is 18.7 Å². The first-order chi connectivity index (χ1) is 14.6. The Morgan fingerprint density at radius 3 is 2.33 bits per heavy atom. The van der Waals surface area contributed by atoms with Crippen LogP contribution < -0.4 is 18.9 Å². The number of aromatic nitrogens is 1. The van der Waals surface area contributed by atoms with Gasteiger partial charge in [0.15, 0.2) is 11.5 Å². The van der Waals surface area contributed by atoms with Gasteiger partial charge in [-0.25, -0.2) is 4.98 Å². The predicted octanol–water partition coefficient (Wildman–Crippen LogP) is 4.40. The van der Waals surface area contributed by atoms with Crippen molar-refractivity contribution in [3.63, 3.8) is 0 Å². The van der Waals surface area contributed by atoms with Crippen LogP contribution in [0, 0.1) is 0 Å². The third-order valence-electron chi connectivity index (χ3n) is 4.55. The molecule has 0 bridgehead atoms. The highest BCUT2D eigenvalue weighted by molar-refractivity contribution is 5.56. The van der Waals surface area contributed by atoms with Crippen molar-refractivity contribution in [2.45, 2.75) is 20.0 Å². The molecule has 0 saturated heterocycles. The molecule has 3 aromatic rings. The van der Waals surface area contributed by atoms with Gasteiger partial charge in [0.25, 0.3) is 0 Å². The summed E-state index contributed by atoms with van der Waals surface area (Å²) in [7, 11) is 6.84. The molecule has 7 nitrogen and oxygen atoms in total. The number of hydrogen-bond donors (Lipinski definition) is 0. The molecule has 30 heavy (non-hydrogen) atoms. The molecule has 7 heteroatoms. The molecule has 2 aromatic carbocycles. The molecule has 0 atom stereocenters. The van der Waals surface area contributed by atoms with E-state index in [2.05, 4.69) is 9.88 Å². The summed E-state index contributed by atoms with van der Waals surface area (Å²) in [5.74, 6) is 3.24. The second kappa shape index (κ2) is 10.0. The van der Waals surface area contributed by atoms with Crippen LogP contribution in [0.2, 0.25) is 0 Å². The fourth-order valence-electron chi connectivity index (χ4n) is 3.27. The summed E-state index contributed by atoms with van der Waals surface area (Å²) in [6.45, 7) is 3.88. The van der Waals surface area contributed by atoms with E-state index in [1.54, 1.807) is 27.6 Å². The molecule has 0 saturated carbocycles. The van der Waals surface area contributed by atoms with Crippen molar-refractivity contribution in [3.05, 3.63) is 53.9 Å². The van der Waals surface area contributed by atoms with Gasteiger partial charge in [-0.2, -0.15) is 0 Å². The Morgan fingerprint density at radius 1 is 0.967 bits per heavy atom. The lowest BCUT2D eigenvalue weighted by Crippen LogP contribution is -2.17. The zero-order chi connectivity index (χ0) is 21.5. The summed E-state index contributed by atoms with van der Waals surface area (Å²) in [6, 6.07) is 11.6. The van der Waals surface area contributed by atoms with Gasteiger partial charge in [0.1, 0.15) is 12.0 Å². The van der Waals surface area contributed by atoms with Crippen molar-refractivity contribution >= 4 is 0 Å². The summed E-state index contributed by atoms with van der Waals surface area (Å²) in [5, 5.41) is 0. The lowest BCUT2D eigenvalue weighted by atomic mass is 10.1. The van der Waals surface area contributed by atoms with Gasteiger partial charge in [-0.1, -0.05) is 6.07 Å². The maximum absolute atomic E-state index is 5.69. The first kappa shape index (κ1) is 21.5. The maximum Gasteiger partial charge on any atom is 0.226 e. The molecule has 0 spiro atoms. The molecule has 0 radical (unpaired) electrons. The van der Waals surface area contributed by atoms with Crippen LogP contribution in [-0.2, 0) is 13.1 Å². The lowest BCUT2D eigenvalue weighted by molar-refractivity contribution is 0.306. The minimum atomic E-state index is 0.577. The zero-order valence-electron chi connectivity index (χ0n) is 18.1. The van der Waals surface area contributed by atoms with Crippen LogP contribution in [0.1, 0.15) is 18.2 Å². The molecular formula is C23H28N2O5. The smallest absolute Gasteiger partial charge is 0.226 e. The summed E-state index contributed by atoms with van der Waals surface area (Å²) in [4.78, 5) is 6.76. The van der Waals surface area contributed by atoms with E-state index < -0.39 is 0 Å². The Balaban J connectivity index is 1.70. The van der Waals surface area contributed by atoms with Crippen molar-refractivity contribution in [1.29, 1.82) is 0 Å². The quantitative estimate of drug-likeness (QED) is 0.489. The minimum absolute atomic E-state index is 0.577. The number of methoxy groups -OCH3 is 3. The number of benzene rings is 2. The standard InChI is InChI=1S/C23H28N2O5/c1-6-29-19-9-7-8-17(12-19)23-24-18(15-30-23)14-25(2)13-16-10-20(26-3)22(28-5)21(11-16)27-4/h7-12,15H,6,13-14H2,1-5H3. The monoisotopic (exact) mass is 412 g/mol. The first-order valence-electron chi connectivity index (χ1n) is 9.73. The van der Waals surface area contributed by atoms with Crippen LogP contribution in [0.3, 0.4) is 0 Å². The van der Waals surface area contributed by atoms with Crippen LogP contribution in [0.5, 0.6) is 23.0 Å². The van der Waals surface area contributed by atoms with Gasteiger partial charge in [0.05, 0.1) is 33.6 Å². The summed E-state index contributed by atoms with van der Waals surface area (Å²) < 4.78 is 27.5. The maximum atomic E-state index is 5.69. The highest BCUT2D eigenvalue weighted by Crippen LogP contribution is 2.38. The van der Waals surface area contributed by atoms with Gasteiger partial charge in [0.2, 0.25) is 11.6 Å². The highest BCUT2D eigenvalue weighted by atomic mass is 16.5. The molecule has 3 rings (SSSR count). The third-order valence-corrected chi connectivity index (χ3v) is 4.55. The van der Waals surface area contributed by atoms with Gasteiger partial charge < -0.3 is 23.4 Å². The fraction of sp³-hybridized carbons (Fsp3) is 0.348. The summed E-state index contributed by atoms with van der Waals surface area (Å²) in [5.41, 5.74) is 2.78. The fourth-order valence-corrected chi connectivity index (χ4v) is 3.27. The van der Waals surface area contributed by atoms with E-state index in [1.807, 2.05) is 50.4 Å². The van der Waals surface area contributed by atoms with E-state index in [4.69, 9.17) is 23.4 Å². The van der Waals surface area contributed by atoms with E-state index in [-0.39, 0.29) is 0 Å². The molecule has 160 valence electrons. The molecule has 0 aliphatic heterocycles. The van der Waals surface area contributed by atoms with Crippen LogP contribution in [0.25, 0.3) is 11.5 Å². The van der Waals surface area contributed by atoms with E-state index in [0.29, 0.717) is 42.8 Å². The average molecular weight is 412 g/mol. The molecule has 0 fully saturated rings. The molecule has 0 amide bonds. The van der Waals surface area contributed by atoms with Crippen LogP contribution in [-0.4, -0.2) is 44.9 Å². The number of hydrogen-bond acceptors (Lipinski definition) is 7. The van der Waals surface area contributed by atoms with E-state index in [0.717, 1.165) is 22.6 Å². The largest absolute Gasteiger partial charge is 0.494 e. The second-order valence-electron chi connectivity index (χ2n) is 6.81. The molecule has 0 aliphatic carbocycles. The van der Waals surface area contributed by atoms with E-state index in [9.17, 15) is 0 Å². The van der Waals surface area contributed by atoms with Crippen molar-refractivity contribution in [2.75, 3.05) is 35.0 Å². The van der Waals surface area contributed by atoms with Crippen molar-refractivity contribution in [3.8, 4) is 34.5 Å². The topological polar surface area (TPSA) is 66.2 Å². The predicted molar refractivity (Wildman–Crippen MR) is 114 cm³/mol. The van der Waals surface area contributed by atoms with Gasteiger partial charge in [-0.15, -0.1) is 0 Å².